The number of nitrogens with zero attached hydrogens (tertiary/aromatic N) is 2. The summed E-state index contributed by atoms with van der Waals surface area (Å²) < 4.78 is 5.53. The number of hydrogen-bond donors (Lipinski definition) is 1. The third-order valence-corrected chi connectivity index (χ3v) is 3.02. The first-order chi connectivity index (χ1) is 10.1. The molecule has 0 unspecified atom stereocenters. The molecule has 2 rings (SSSR count). The van der Waals surface area contributed by atoms with E-state index < -0.39 is 4.92 Å². The molecule has 6 heteroatoms. The summed E-state index contributed by atoms with van der Waals surface area (Å²) in [4.78, 5) is 14.8. The van der Waals surface area contributed by atoms with Gasteiger partial charge in [-0.25, -0.2) is 4.98 Å². The summed E-state index contributed by atoms with van der Waals surface area (Å²) >= 11 is 0. The van der Waals surface area contributed by atoms with Gasteiger partial charge in [0.1, 0.15) is 0 Å². The first kappa shape index (κ1) is 14.9. The highest BCUT2D eigenvalue weighted by molar-refractivity contribution is 5.50. The van der Waals surface area contributed by atoms with Crippen LogP contribution < -0.4 is 10.1 Å². The molecule has 0 saturated carbocycles. The van der Waals surface area contributed by atoms with Crippen molar-refractivity contribution in [2.75, 3.05) is 7.05 Å². The Morgan fingerprint density at radius 3 is 2.62 bits per heavy atom. The first-order valence-corrected chi connectivity index (χ1v) is 6.68. The fourth-order valence-electron chi connectivity index (χ4n) is 1.90. The maximum Gasteiger partial charge on any atom is 0.311 e. The molecular weight excluding hydrogens is 270 g/mol. The van der Waals surface area contributed by atoms with Crippen molar-refractivity contribution in [2.45, 2.75) is 19.9 Å². The van der Waals surface area contributed by atoms with Gasteiger partial charge >= 0.3 is 5.69 Å². The van der Waals surface area contributed by atoms with Gasteiger partial charge in [0.05, 0.1) is 4.92 Å². The van der Waals surface area contributed by atoms with Crippen molar-refractivity contribution in [2.24, 2.45) is 0 Å². The van der Waals surface area contributed by atoms with Crippen molar-refractivity contribution in [3.63, 3.8) is 0 Å². The number of benzene rings is 1. The predicted octanol–water partition coefficient (Wildman–Crippen LogP) is 3.06. The molecule has 1 aromatic heterocycles. The predicted molar refractivity (Wildman–Crippen MR) is 79.5 cm³/mol. The smallest absolute Gasteiger partial charge is 0.311 e. The molecule has 6 nitrogen and oxygen atoms in total. The standard InChI is InChI=1S/C15H17N3O3/c1-3-11-4-6-14(13(8-11)18(19)20)21-15-7-5-12(9-16-2)10-17-15/h4-8,10,16H,3,9H2,1-2H3. The molecule has 0 radical (unpaired) electrons. The molecular formula is C15H17N3O3. The SMILES string of the molecule is CCc1ccc(Oc2ccc(CNC)cn2)c([N+](=O)[O-])c1. The van der Waals surface area contributed by atoms with Crippen LogP contribution in [0.25, 0.3) is 0 Å². The second-order valence-corrected chi connectivity index (χ2v) is 4.55. The first-order valence-electron chi connectivity index (χ1n) is 6.68. The van der Waals surface area contributed by atoms with E-state index >= 15 is 0 Å². The molecule has 0 aliphatic carbocycles. The number of rotatable bonds is 6. The van der Waals surface area contributed by atoms with Crippen molar-refractivity contribution in [1.29, 1.82) is 0 Å². The molecule has 0 fully saturated rings. The number of nitro benzene ring substituents is 1. The van der Waals surface area contributed by atoms with Gasteiger partial charge in [0, 0.05) is 24.9 Å². The molecule has 1 aromatic carbocycles. The van der Waals surface area contributed by atoms with Crippen LogP contribution in [0.1, 0.15) is 18.1 Å². The largest absolute Gasteiger partial charge is 0.432 e. The van der Waals surface area contributed by atoms with Crippen LogP contribution in [0.2, 0.25) is 0 Å². The van der Waals surface area contributed by atoms with E-state index in [0.717, 1.165) is 17.5 Å². The number of nitrogens with one attached hydrogen (secondary N) is 1. The summed E-state index contributed by atoms with van der Waals surface area (Å²) in [6.45, 7) is 2.65. The van der Waals surface area contributed by atoms with Gasteiger partial charge in [-0.1, -0.05) is 19.1 Å². The number of ether oxygens (including phenoxy) is 1. The second kappa shape index (κ2) is 6.81. The normalized spacial score (nSPS) is 10.4. The quantitative estimate of drug-likeness (QED) is 0.652. The Balaban J connectivity index is 2.24. The minimum Gasteiger partial charge on any atom is -0.432 e. The van der Waals surface area contributed by atoms with Gasteiger partial charge in [0.15, 0.2) is 0 Å². The zero-order valence-corrected chi connectivity index (χ0v) is 12.0. The van der Waals surface area contributed by atoms with E-state index in [1.54, 1.807) is 18.3 Å². The van der Waals surface area contributed by atoms with Gasteiger partial charge in [0.25, 0.3) is 0 Å². The number of hydrogen-bond acceptors (Lipinski definition) is 5. The number of pyridine rings is 1. The van der Waals surface area contributed by atoms with Crippen LogP contribution in [-0.2, 0) is 13.0 Å². The molecule has 110 valence electrons. The van der Waals surface area contributed by atoms with Crippen molar-refractivity contribution >= 4 is 5.69 Å². The molecule has 0 bridgehead atoms. The highest BCUT2D eigenvalue weighted by Crippen LogP contribution is 2.31. The third-order valence-electron chi connectivity index (χ3n) is 3.02. The van der Waals surface area contributed by atoms with E-state index in [-0.39, 0.29) is 11.4 Å². The lowest BCUT2D eigenvalue weighted by atomic mass is 10.1. The van der Waals surface area contributed by atoms with Gasteiger partial charge in [-0.15, -0.1) is 0 Å². The van der Waals surface area contributed by atoms with E-state index in [4.69, 9.17) is 4.74 Å². The average Bonchev–Trinajstić information content (AvgIpc) is 2.49. The molecule has 0 amide bonds. The molecule has 1 N–H and O–H groups in total. The van der Waals surface area contributed by atoms with Crippen LogP contribution in [0.5, 0.6) is 11.6 Å². The Labute approximate surface area is 122 Å². The Kier molecular flexibility index (Phi) is 4.84. The van der Waals surface area contributed by atoms with Crippen LogP contribution in [0, 0.1) is 10.1 Å². The van der Waals surface area contributed by atoms with Crippen molar-refractivity contribution in [1.82, 2.24) is 10.3 Å². The minimum atomic E-state index is -0.441. The van der Waals surface area contributed by atoms with Crippen molar-refractivity contribution in [3.8, 4) is 11.6 Å². The van der Waals surface area contributed by atoms with Crippen LogP contribution in [0.15, 0.2) is 36.5 Å². The van der Waals surface area contributed by atoms with E-state index in [9.17, 15) is 10.1 Å². The number of aromatic nitrogens is 1. The molecule has 0 aliphatic rings. The summed E-state index contributed by atoms with van der Waals surface area (Å²) in [5.74, 6) is 0.535. The van der Waals surface area contributed by atoms with Gasteiger partial charge in [-0.2, -0.15) is 0 Å². The topological polar surface area (TPSA) is 77.3 Å². The van der Waals surface area contributed by atoms with E-state index in [1.807, 2.05) is 26.1 Å². The molecule has 1 heterocycles. The maximum absolute atomic E-state index is 11.1. The maximum atomic E-state index is 11.1. The number of aryl methyl sites for hydroxylation is 1. The van der Waals surface area contributed by atoms with E-state index in [2.05, 4.69) is 10.3 Å². The minimum absolute atomic E-state index is 0.0459. The molecule has 21 heavy (non-hydrogen) atoms. The second-order valence-electron chi connectivity index (χ2n) is 4.55. The third kappa shape index (κ3) is 3.76. The van der Waals surface area contributed by atoms with Crippen molar-refractivity contribution in [3.05, 3.63) is 57.8 Å². The Hall–Kier alpha value is -2.47. The molecule has 0 spiro atoms. The monoisotopic (exact) mass is 287 g/mol. The van der Waals surface area contributed by atoms with Crippen LogP contribution in [-0.4, -0.2) is 17.0 Å². The van der Waals surface area contributed by atoms with E-state index in [1.165, 1.54) is 6.07 Å². The van der Waals surface area contributed by atoms with Gasteiger partial charge in [-0.3, -0.25) is 10.1 Å². The van der Waals surface area contributed by atoms with Gasteiger partial charge < -0.3 is 10.1 Å². The lowest BCUT2D eigenvalue weighted by Crippen LogP contribution is -2.05. The lowest BCUT2D eigenvalue weighted by Gasteiger charge is -2.07. The summed E-state index contributed by atoms with van der Waals surface area (Å²) in [6.07, 6.45) is 2.41. The number of nitro groups is 1. The van der Waals surface area contributed by atoms with Crippen LogP contribution in [0.4, 0.5) is 5.69 Å². The van der Waals surface area contributed by atoms with Gasteiger partial charge in [-0.05, 0) is 30.7 Å². The molecule has 0 aliphatic heterocycles. The summed E-state index contributed by atoms with van der Waals surface area (Å²) in [5, 5.41) is 14.1. The van der Waals surface area contributed by atoms with Gasteiger partial charge in [0.2, 0.25) is 11.6 Å². The zero-order valence-electron chi connectivity index (χ0n) is 12.0. The Bertz CT molecular complexity index is 627. The van der Waals surface area contributed by atoms with Crippen molar-refractivity contribution < 1.29 is 9.66 Å². The van der Waals surface area contributed by atoms with Crippen LogP contribution >= 0.6 is 0 Å². The van der Waals surface area contributed by atoms with Crippen LogP contribution in [0.3, 0.4) is 0 Å². The molecule has 0 saturated heterocycles. The average molecular weight is 287 g/mol. The Morgan fingerprint density at radius 2 is 2.05 bits per heavy atom. The summed E-state index contributed by atoms with van der Waals surface area (Å²) in [5.41, 5.74) is 1.86. The highest BCUT2D eigenvalue weighted by atomic mass is 16.6. The molecule has 2 aromatic rings. The lowest BCUT2D eigenvalue weighted by molar-refractivity contribution is -0.385. The zero-order chi connectivity index (χ0) is 15.2. The summed E-state index contributed by atoms with van der Waals surface area (Å²) in [6, 6.07) is 8.53. The molecule has 0 atom stereocenters. The highest BCUT2D eigenvalue weighted by Gasteiger charge is 2.16. The fraction of sp³-hybridized carbons (Fsp3) is 0.267. The Morgan fingerprint density at radius 1 is 1.29 bits per heavy atom. The van der Waals surface area contributed by atoms with E-state index in [0.29, 0.717) is 12.4 Å². The fourth-order valence-corrected chi connectivity index (χ4v) is 1.90. The summed E-state index contributed by atoms with van der Waals surface area (Å²) in [7, 11) is 1.85.